The third-order valence-electron chi connectivity index (χ3n) is 3.22. The van der Waals surface area contributed by atoms with E-state index in [1.54, 1.807) is 6.08 Å². The lowest BCUT2D eigenvalue weighted by molar-refractivity contribution is -0.384. The summed E-state index contributed by atoms with van der Waals surface area (Å²) >= 11 is 0. The fourth-order valence-corrected chi connectivity index (χ4v) is 2.03. The number of benzene rings is 1. The first-order chi connectivity index (χ1) is 10.4. The number of carbonyl (C=O) groups is 1. The first-order valence-corrected chi connectivity index (χ1v) is 7.47. The third kappa shape index (κ3) is 8.89. The zero-order chi connectivity index (χ0) is 17.0. The molecule has 1 fully saturated rings. The van der Waals surface area contributed by atoms with Crippen LogP contribution in [-0.2, 0) is 0 Å². The third-order valence-corrected chi connectivity index (χ3v) is 3.22. The number of nitro benzene ring substituents is 1. The van der Waals surface area contributed by atoms with Crippen molar-refractivity contribution in [3.05, 3.63) is 52.6 Å². The van der Waals surface area contributed by atoms with Gasteiger partial charge in [-0.1, -0.05) is 45.1 Å². The topological polar surface area (TPSA) is 80.4 Å². The van der Waals surface area contributed by atoms with Crippen LogP contribution < -0.4 is 0 Å². The Bertz CT molecular complexity index is 429. The highest BCUT2D eigenvalue weighted by Crippen LogP contribution is 2.22. The van der Waals surface area contributed by atoms with Crippen molar-refractivity contribution in [1.82, 2.24) is 0 Å². The minimum Gasteiger partial charge on any atom is -0.478 e. The molecule has 0 spiro atoms. The number of nitro groups is 1. The van der Waals surface area contributed by atoms with Crippen molar-refractivity contribution in [2.45, 2.75) is 46.0 Å². The molecule has 1 aliphatic carbocycles. The van der Waals surface area contributed by atoms with E-state index in [0.29, 0.717) is 0 Å². The number of nitrogens with zero attached hydrogens (tertiary/aromatic N) is 1. The highest BCUT2D eigenvalue weighted by Gasteiger charge is 2.07. The molecule has 1 aromatic rings. The average molecular weight is 307 g/mol. The van der Waals surface area contributed by atoms with Crippen LogP contribution in [-0.4, -0.2) is 16.0 Å². The number of carboxylic acids is 1. The first kappa shape index (κ1) is 19.8. The summed E-state index contributed by atoms with van der Waals surface area (Å²) in [5.41, 5.74) is -0.0689. The smallest absolute Gasteiger partial charge is 0.335 e. The SMILES string of the molecule is C=CC.CC1CCCCC1.O=C(O)c1ccc([N+](=O)[O-])cc1. The standard InChI is InChI=1S/C7H5NO4.C7H14.C3H6/c9-7(10)5-1-3-6(4-2-5)8(11)12;1-7-5-3-2-4-6-7;1-3-2/h1-4H,(H,9,10);7H,2-6H2,1H3;3H,1H2,2H3. The van der Waals surface area contributed by atoms with Crippen LogP contribution in [0.4, 0.5) is 5.69 Å². The van der Waals surface area contributed by atoms with Gasteiger partial charge in [-0.3, -0.25) is 10.1 Å². The molecule has 0 atom stereocenters. The first-order valence-electron chi connectivity index (χ1n) is 7.47. The molecule has 5 heteroatoms. The summed E-state index contributed by atoms with van der Waals surface area (Å²) in [6, 6.07) is 4.70. The molecule has 0 saturated heterocycles. The van der Waals surface area contributed by atoms with Crippen LogP contribution in [0.2, 0.25) is 0 Å². The minimum absolute atomic E-state index is 0.0422. The predicted octanol–water partition coefficient (Wildman–Crippen LogP) is 5.07. The van der Waals surface area contributed by atoms with Crippen molar-refractivity contribution in [1.29, 1.82) is 0 Å². The van der Waals surface area contributed by atoms with Crippen LogP contribution in [0.3, 0.4) is 0 Å². The number of rotatable bonds is 2. The van der Waals surface area contributed by atoms with Gasteiger partial charge in [-0.15, -0.1) is 6.58 Å². The van der Waals surface area contributed by atoms with Crippen LogP contribution in [0.1, 0.15) is 56.3 Å². The molecular formula is C17H25NO4. The Morgan fingerprint density at radius 1 is 1.27 bits per heavy atom. The maximum Gasteiger partial charge on any atom is 0.335 e. The molecule has 0 heterocycles. The minimum atomic E-state index is -1.09. The van der Waals surface area contributed by atoms with E-state index < -0.39 is 10.9 Å². The Hall–Kier alpha value is -2.17. The molecule has 2 rings (SSSR count). The quantitative estimate of drug-likeness (QED) is 0.470. The summed E-state index contributed by atoms with van der Waals surface area (Å²) in [5.74, 6) is -0.0568. The van der Waals surface area contributed by atoms with Crippen molar-refractivity contribution >= 4 is 11.7 Å². The number of allylic oxidation sites excluding steroid dienone is 1. The Labute approximate surface area is 131 Å². The molecular weight excluding hydrogens is 282 g/mol. The van der Waals surface area contributed by atoms with Crippen molar-refractivity contribution in [3.8, 4) is 0 Å². The molecule has 22 heavy (non-hydrogen) atoms. The molecule has 0 amide bonds. The lowest BCUT2D eigenvalue weighted by Crippen LogP contribution is -1.99. The van der Waals surface area contributed by atoms with Crippen LogP contribution >= 0.6 is 0 Å². The van der Waals surface area contributed by atoms with E-state index in [2.05, 4.69) is 13.5 Å². The van der Waals surface area contributed by atoms with Gasteiger partial charge in [0, 0.05) is 12.1 Å². The largest absolute Gasteiger partial charge is 0.478 e. The summed E-state index contributed by atoms with van der Waals surface area (Å²) in [6.07, 6.45) is 9.19. The van der Waals surface area contributed by atoms with E-state index in [0.717, 1.165) is 18.1 Å². The fraction of sp³-hybridized carbons (Fsp3) is 0.471. The molecule has 1 aromatic carbocycles. The summed E-state index contributed by atoms with van der Waals surface area (Å²) in [7, 11) is 0. The van der Waals surface area contributed by atoms with Gasteiger partial charge in [0.1, 0.15) is 0 Å². The zero-order valence-corrected chi connectivity index (χ0v) is 13.3. The molecule has 0 aromatic heterocycles. The van der Waals surface area contributed by atoms with E-state index in [1.165, 1.54) is 44.2 Å². The van der Waals surface area contributed by atoms with Crippen molar-refractivity contribution in [2.24, 2.45) is 5.92 Å². The number of aromatic carboxylic acids is 1. The van der Waals surface area contributed by atoms with Crippen LogP contribution in [0.25, 0.3) is 0 Å². The van der Waals surface area contributed by atoms with Gasteiger partial charge in [-0.2, -0.15) is 0 Å². The molecule has 122 valence electrons. The summed E-state index contributed by atoms with van der Waals surface area (Å²) in [6.45, 7) is 7.61. The Morgan fingerprint density at radius 3 is 2.00 bits per heavy atom. The van der Waals surface area contributed by atoms with Gasteiger partial charge < -0.3 is 5.11 Å². The van der Waals surface area contributed by atoms with Crippen molar-refractivity contribution in [3.63, 3.8) is 0 Å². The van der Waals surface area contributed by atoms with E-state index in [9.17, 15) is 14.9 Å². The van der Waals surface area contributed by atoms with Gasteiger partial charge in [0.05, 0.1) is 10.5 Å². The monoisotopic (exact) mass is 307 g/mol. The van der Waals surface area contributed by atoms with Gasteiger partial charge in [-0.25, -0.2) is 4.79 Å². The number of carboxylic acid groups (broad SMARTS) is 1. The lowest BCUT2D eigenvalue weighted by Gasteiger charge is -2.15. The van der Waals surface area contributed by atoms with E-state index in [4.69, 9.17) is 5.11 Å². The van der Waals surface area contributed by atoms with Gasteiger partial charge in [0.25, 0.3) is 5.69 Å². The van der Waals surface area contributed by atoms with Crippen molar-refractivity contribution in [2.75, 3.05) is 0 Å². The summed E-state index contributed by atoms with van der Waals surface area (Å²) in [5, 5.41) is 18.6. The van der Waals surface area contributed by atoms with Gasteiger partial charge in [-0.05, 0) is 25.0 Å². The van der Waals surface area contributed by atoms with Crippen molar-refractivity contribution < 1.29 is 14.8 Å². The van der Waals surface area contributed by atoms with E-state index in [1.807, 2.05) is 6.92 Å². The molecule has 1 N–H and O–H groups in total. The van der Waals surface area contributed by atoms with E-state index in [-0.39, 0.29) is 11.3 Å². The molecule has 1 saturated carbocycles. The van der Waals surface area contributed by atoms with Crippen LogP contribution in [0.5, 0.6) is 0 Å². The Balaban J connectivity index is 0.000000372. The zero-order valence-electron chi connectivity index (χ0n) is 13.3. The Kier molecular flexibility index (Phi) is 10.4. The second kappa shape index (κ2) is 11.5. The normalized spacial score (nSPS) is 13.7. The molecule has 0 unspecified atom stereocenters. The number of non-ortho nitro benzene ring substituents is 1. The second-order valence-electron chi connectivity index (χ2n) is 5.26. The fourth-order valence-electron chi connectivity index (χ4n) is 2.03. The number of hydrogen-bond donors (Lipinski definition) is 1. The highest BCUT2D eigenvalue weighted by atomic mass is 16.6. The molecule has 0 bridgehead atoms. The average Bonchev–Trinajstić information content (AvgIpc) is 2.49. The maximum absolute atomic E-state index is 10.3. The van der Waals surface area contributed by atoms with Crippen LogP contribution in [0.15, 0.2) is 36.9 Å². The highest BCUT2D eigenvalue weighted by molar-refractivity contribution is 5.87. The summed E-state index contributed by atoms with van der Waals surface area (Å²) in [4.78, 5) is 19.9. The molecule has 5 nitrogen and oxygen atoms in total. The molecule has 0 aliphatic heterocycles. The predicted molar refractivity (Wildman–Crippen MR) is 88.2 cm³/mol. The number of hydrogen-bond acceptors (Lipinski definition) is 3. The van der Waals surface area contributed by atoms with Gasteiger partial charge in [0.2, 0.25) is 0 Å². The summed E-state index contributed by atoms with van der Waals surface area (Å²) < 4.78 is 0. The molecule has 0 radical (unpaired) electrons. The van der Waals surface area contributed by atoms with Gasteiger partial charge in [0.15, 0.2) is 0 Å². The Morgan fingerprint density at radius 2 is 1.73 bits per heavy atom. The maximum atomic E-state index is 10.3. The van der Waals surface area contributed by atoms with E-state index >= 15 is 0 Å². The van der Waals surface area contributed by atoms with Crippen LogP contribution in [0, 0.1) is 16.0 Å². The lowest BCUT2D eigenvalue weighted by atomic mass is 9.91. The molecule has 1 aliphatic rings. The second-order valence-corrected chi connectivity index (χ2v) is 5.26. The van der Waals surface area contributed by atoms with Gasteiger partial charge >= 0.3 is 5.97 Å².